The summed E-state index contributed by atoms with van der Waals surface area (Å²) in [6, 6.07) is 7.55. The second-order valence-electron chi connectivity index (χ2n) is 3.79. The Morgan fingerprint density at radius 2 is 2.22 bits per heavy atom. The minimum absolute atomic E-state index is 0.208. The molecule has 0 amide bonds. The molecule has 0 aliphatic heterocycles. The largest absolute Gasteiger partial charge is 0.466 e. The third-order valence-corrected chi connectivity index (χ3v) is 2.87. The molecule has 1 rings (SSSR count). The van der Waals surface area contributed by atoms with E-state index in [0.29, 0.717) is 25.1 Å². The highest BCUT2D eigenvalue weighted by atomic mass is 79.9. The quantitative estimate of drug-likeness (QED) is 0.785. The Bertz CT molecular complexity index is 469. The van der Waals surface area contributed by atoms with E-state index in [0.717, 1.165) is 10.2 Å². The lowest BCUT2D eigenvalue weighted by Gasteiger charge is -2.19. The minimum Gasteiger partial charge on any atom is -0.466 e. The maximum Gasteiger partial charge on any atom is 0.307 e. The predicted molar refractivity (Wildman–Crippen MR) is 73.4 cm³/mol. The van der Waals surface area contributed by atoms with Gasteiger partial charge in [0.25, 0.3) is 0 Å². The number of hydrogen-bond donors (Lipinski definition) is 0. The molecule has 0 N–H and O–H groups in total. The van der Waals surface area contributed by atoms with Gasteiger partial charge in [-0.1, -0.05) is 15.9 Å². The van der Waals surface area contributed by atoms with Crippen molar-refractivity contribution in [2.45, 2.75) is 13.3 Å². The van der Waals surface area contributed by atoms with Gasteiger partial charge in [0.05, 0.1) is 24.7 Å². The van der Waals surface area contributed by atoms with Crippen LogP contribution in [0.2, 0.25) is 0 Å². The van der Waals surface area contributed by atoms with Crippen LogP contribution in [-0.4, -0.2) is 26.2 Å². The van der Waals surface area contributed by atoms with E-state index in [4.69, 9.17) is 10.00 Å². The van der Waals surface area contributed by atoms with Gasteiger partial charge in [-0.2, -0.15) is 5.26 Å². The number of halogens is 1. The highest BCUT2D eigenvalue weighted by Gasteiger charge is 2.07. The standard InChI is InChI=1S/C13H15BrN2O2/c1-3-18-13(17)4-5-16(2)12-7-10(9-15)6-11(14)8-12/h6-8H,3-5H2,1-2H3. The van der Waals surface area contributed by atoms with Gasteiger partial charge in [0.1, 0.15) is 0 Å². The number of carbonyl (C=O) groups excluding carboxylic acids is 1. The highest BCUT2D eigenvalue weighted by Crippen LogP contribution is 2.22. The van der Waals surface area contributed by atoms with E-state index < -0.39 is 0 Å². The van der Waals surface area contributed by atoms with Crippen molar-refractivity contribution in [3.8, 4) is 6.07 Å². The van der Waals surface area contributed by atoms with Crippen LogP contribution in [0, 0.1) is 11.3 Å². The highest BCUT2D eigenvalue weighted by molar-refractivity contribution is 9.10. The van der Waals surface area contributed by atoms with E-state index in [1.54, 1.807) is 19.1 Å². The van der Waals surface area contributed by atoms with E-state index in [1.807, 2.05) is 18.0 Å². The zero-order valence-electron chi connectivity index (χ0n) is 10.4. The van der Waals surface area contributed by atoms with Crippen molar-refractivity contribution in [2.24, 2.45) is 0 Å². The average molecular weight is 311 g/mol. The van der Waals surface area contributed by atoms with Crippen LogP contribution >= 0.6 is 15.9 Å². The molecule has 1 aromatic carbocycles. The number of ether oxygens (including phenoxy) is 1. The monoisotopic (exact) mass is 310 g/mol. The number of nitriles is 1. The van der Waals surface area contributed by atoms with Gasteiger partial charge in [0.2, 0.25) is 0 Å². The van der Waals surface area contributed by atoms with Crippen molar-refractivity contribution >= 4 is 27.6 Å². The summed E-state index contributed by atoms with van der Waals surface area (Å²) < 4.78 is 5.72. The summed E-state index contributed by atoms with van der Waals surface area (Å²) in [4.78, 5) is 13.2. The van der Waals surface area contributed by atoms with Crippen molar-refractivity contribution in [1.29, 1.82) is 5.26 Å². The number of rotatable bonds is 5. The second kappa shape index (κ2) is 7.02. The van der Waals surface area contributed by atoms with Crippen LogP contribution in [0.4, 0.5) is 5.69 Å². The van der Waals surface area contributed by atoms with Gasteiger partial charge in [-0.3, -0.25) is 4.79 Å². The minimum atomic E-state index is -0.208. The molecular formula is C13H15BrN2O2. The van der Waals surface area contributed by atoms with E-state index in [9.17, 15) is 4.79 Å². The van der Waals surface area contributed by atoms with Gasteiger partial charge in [-0.05, 0) is 25.1 Å². The maximum atomic E-state index is 11.3. The molecule has 0 radical (unpaired) electrons. The number of nitrogens with zero attached hydrogens (tertiary/aromatic N) is 2. The molecule has 0 unspecified atom stereocenters. The van der Waals surface area contributed by atoms with Crippen LogP contribution < -0.4 is 4.90 Å². The Morgan fingerprint density at radius 3 is 2.83 bits per heavy atom. The maximum absolute atomic E-state index is 11.3. The third-order valence-electron chi connectivity index (χ3n) is 2.41. The average Bonchev–Trinajstić information content (AvgIpc) is 2.35. The summed E-state index contributed by atoms with van der Waals surface area (Å²) in [5, 5.41) is 8.89. The van der Waals surface area contributed by atoms with Crippen molar-refractivity contribution < 1.29 is 9.53 Å². The summed E-state index contributed by atoms with van der Waals surface area (Å²) in [7, 11) is 1.88. The van der Waals surface area contributed by atoms with Gasteiger partial charge in [-0.15, -0.1) is 0 Å². The predicted octanol–water partition coefficient (Wildman–Crippen LogP) is 2.71. The van der Waals surface area contributed by atoms with E-state index in [-0.39, 0.29) is 5.97 Å². The molecule has 0 fully saturated rings. The van der Waals surface area contributed by atoms with Crippen molar-refractivity contribution in [2.75, 3.05) is 25.1 Å². The molecule has 96 valence electrons. The third kappa shape index (κ3) is 4.38. The first-order valence-electron chi connectivity index (χ1n) is 5.64. The fourth-order valence-corrected chi connectivity index (χ4v) is 1.96. The van der Waals surface area contributed by atoms with Crippen molar-refractivity contribution in [1.82, 2.24) is 0 Å². The van der Waals surface area contributed by atoms with E-state index >= 15 is 0 Å². The zero-order valence-corrected chi connectivity index (χ0v) is 12.0. The smallest absolute Gasteiger partial charge is 0.307 e. The normalized spacial score (nSPS) is 9.67. The van der Waals surface area contributed by atoms with Crippen LogP contribution in [0.25, 0.3) is 0 Å². The van der Waals surface area contributed by atoms with Crippen LogP contribution in [0.3, 0.4) is 0 Å². The molecule has 0 saturated heterocycles. The Balaban J connectivity index is 2.67. The van der Waals surface area contributed by atoms with Crippen molar-refractivity contribution in [3.05, 3.63) is 28.2 Å². The first-order valence-corrected chi connectivity index (χ1v) is 6.43. The molecule has 4 nitrogen and oxygen atoms in total. The molecule has 0 atom stereocenters. The fourth-order valence-electron chi connectivity index (χ4n) is 1.48. The van der Waals surface area contributed by atoms with Crippen molar-refractivity contribution in [3.63, 3.8) is 0 Å². The molecule has 1 aromatic rings. The number of esters is 1. The van der Waals surface area contributed by atoms with Gasteiger partial charge < -0.3 is 9.64 Å². The zero-order chi connectivity index (χ0) is 13.5. The van der Waals surface area contributed by atoms with Gasteiger partial charge in [0.15, 0.2) is 0 Å². The lowest BCUT2D eigenvalue weighted by molar-refractivity contribution is -0.142. The van der Waals surface area contributed by atoms with Crippen LogP contribution in [0.5, 0.6) is 0 Å². The second-order valence-corrected chi connectivity index (χ2v) is 4.70. The molecule has 5 heteroatoms. The first kappa shape index (κ1) is 14.5. The summed E-state index contributed by atoms with van der Waals surface area (Å²) in [6.07, 6.45) is 0.332. The number of hydrogen-bond acceptors (Lipinski definition) is 4. The van der Waals surface area contributed by atoms with Crippen LogP contribution in [0.15, 0.2) is 22.7 Å². The van der Waals surface area contributed by atoms with Crippen LogP contribution in [0.1, 0.15) is 18.9 Å². The Labute approximate surface area is 115 Å². The Hall–Kier alpha value is -1.54. The Kier molecular flexibility index (Phi) is 5.66. The summed E-state index contributed by atoms with van der Waals surface area (Å²) in [6.45, 7) is 2.74. The Morgan fingerprint density at radius 1 is 1.50 bits per heavy atom. The number of anilines is 1. The lowest BCUT2D eigenvalue weighted by Crippen LogP contribution is -2.22. The lowest BCUT2D eigenvalue weighted by atomic mass is 10.2. The molecule has 0 heterocycles. The number of carbonyl (C=O) groups is 1. The first-order chi connectivity index (χ1) is 8.56. The van der Waals surface area contributed by atoms with Gasteiger partial charge in [-0.25, -0.2) is 0 Å². The summed E-state index contributed by atoms with van der Waals surface area (Å²) in [5.74, 6) is -0.208. The number of benzene rings is 1. The van der Waals surface area contributed by atoms with Gasteiger partial charge in [0, 0.05) is 23.8 Å². The molecular weight excluding hydrogens is 296 g/mol. The molecule has 0 spiro atoms. The van der Waals surface area contributed by atoms with E-state index in [2.05, 4.69) is 22.0 Å². The SMILES string of the molecule is CCOC(=O)CCN(C)c1cc(Br)cc(C#N)c1. The molecule has 0 aromatic heterocycles. The summed E-state index contributed by atoms with van der Waals surface area (Å²) in [5.41, 5.74) is 1.48. The molecule has 0 aliphatic rings. The van der Waals surface area contributed by atoms with Gasteiger partial charge >= 0.3 is 5.97 Å². The van der Waals surface area contributed by atoms with Crippen LogP contribution in [-0.2, 0) is 9.53 Å². The molecule has 0 aliphatic carbocycles. The molecule has 0 bridgehead atoms. The summed E-state index contributed by atoms with van der Waals surface area (Å²) >= 11 is 3.36. The fraction of sp³-hybridized carbons (Fsp3) is 0.385. The topological polar surface area (TPSA) is 53.3 Å². The molecule has 0 saturated carbocycles. The molecule has 18 heavy (non-hydrogen) atoms. The van der Waals surface area contributed by atoms with E-state index in [1.165, 1.54) is 0 Å².